The summed E-state index contributed by atoms with van der Waals surface area (Å²) in [6.45, 7) is 4.16. The molecule has 0 radical (unpaired) electrons. The Hall–Kier alpha value is -5.71. The Morgan fingerprint density at radius 2 is 1.64 bits per heavy atom. The van der Waals surface area contributed by atoms with Gasteiger partial charge in [0.15, 0.2) is 17.3 Å². The maximum atomic E-state index is 13.6. The van der Waals surface area contributed by atoms with Crippen molar-refractivity contribution in [1.29, 1.82) is 0 Å². The second-order valence-electron chi connectivity index (χ2n) is 16.6. The second kappa shape index (κ2) is 19.2. The quantitative estimate of drug-likeness (QED) is 0.203. The van der Waals surface area contributed by atoms with Gasteiger partial charge in [0.1, 0.15) is 11.7 Å². The van der Waals surface area contributed by atoms with Crippen molar-refractivity contribution in [3.05, 3.63) is 91.8 Å². The third-order valence-corrected chi connectivity index (χ3v) is 13.5. The smallest absolute Gasteiger partial charge is 0.422 e. The Morgan fingerprint density at radius 3 is 2.33 bits per heavy atom. The number of aromatic nitrogens is 4. The Balaban J connectivity index is 0.955. The number of benzene rings is 2. The zero-order chi connectivity index (χ0) is 45.9. The number of carbonyl (C=O) groups excluding carboxylic acids is 5. The fourth-order valence-corrected chi connectivity index (χ4v) is 9.38. The number of Topliss-reactive ketones (excluding diaryl/α,β-unsaturated/α-hetero) is 1. The lowest BCUT2D eigenvalue weighted by atomic mass is 9.94. The Labute approximate surface area is 381 Å². The van der Waals surface area contributed by atoms with Gasteiger partial charge in [-0.3, -0.25) is 24.3 Å². The molecule has 7 rings (SSSR count). The summed E-state index contributed by atoms with van der Waals surface area (Å²) in [5.74, 6) is -1.08. The van der Waals surface area contributed by atoms with Crippen LogP contribution in [0.4, 0.5) is 20.2 Å². The van der Waals surface area contributed by atoms with Crippen LogP contribution in [0.15, 0.2) is 64.4 Å². The number of urea groups is 1. The SMILES string of the molecule is CC(C)(C)OC(=O)N1CCC[C@@H](OC(=O)NS(=O)(=O)N2CCN(C(=O)Nc3nccnc3C(=O)NC3Cc4ccccc4C3)CC2)[C@@H]1CC(=O)Cn1cnc2cc(Br)c(Cl)cc2c1=O. The number of halogens is 2. The van der Waals surface area contributed by atoms with Crippen molar-refractivity contribution in [2.24, 2.45) is 0 Å². The van der Waals surface area contributed by atoms with Crippen LogP contribution in [0.5, 0.6) is 0 Å². The topological polar surface area (TPSA) is 244 Å². The minimum atomic E-state index is -4.51. The van der Waals surface area contributed by atoms with Gasteiger partial charge < -0.3 is 24.6 Å². The monoisotopic (exact) mass is 984 g/mol. The van der Waals surface area contributed by atoms with Gasteiger partial charge in [-0.1, -0.05) is 35.9 Å². The lowest BCUT2D eigenvalue weighted by molar-refractivity contribution is -0.122. The molecular formula is C41H46BrClN10O10S. The summed E-state index contributed by atoms with van der Waals surface area (Å²) in [6, 6.07) is 9.06. The standard InChI is InChI=1S/C41H46BrClN10O10S/c1-41(2,3)63-40(59)53-12-6-9-33(32(53)19-27(54)22-51-23-46-31-21-29(42)30(43)20-28(31)37(51)56)62-39(58)49-64(60,61)52-15-13-50(14-16-52)38(57)48-35-34(44-10-11-45-35)36(55)47-26-17-24-7-4-5-8-25(24)18-26/h4-5,7-8,10-11,20-21,23,26,32-33H,6,9,12-19,22H2,1-3H3,(H,47,55)(H,49,58)(H,45,48,57)/t32-,33+/m0/s1. The zero-order valence-corrected chi connectivity index (χ0v) is 38.2. The molecule has 0 unspecified atom stereocenters. The van der Waals surface area contributed by atoms with Gasteiger partial charge in [-0.15, -0.1) is 0 Å². The van der Waals surface area contributed by atoms with Gasteiger partial charge in [-0.25, -0.2) is 34.1 Å². The second-order valence-corrected chi connectivity index (χ2v) is 19.5. The van der Waals surface area contributed by atoms with Gasteiger partial charge in [0.2, 0.25) is 0 Å². The summed E-state index contributed by atoms with van der Waals surface area (Å²) in [5, 5.41) is 6.03. The summed E-state index contributed by atoms with van der Waals surface area (Å²) in [4.78, 5) is 95.3. The Morgan fingerprint density at radius 1 is 0.953 bits per heavy atom. The minimum Gasteiger partial charge on any atom is -0.444 e. The van der Waals surface area contributed by atoms with Crippen molar-refractivity contribution in [3.8, 4) is 0 Å². The van der Waals surface area contributed by atoms with Crippen LogP contribution in [0.2, 0.25) is 5.02 Å². The highest BCUT2D eigenvalue weighted by atomic mass is 79.9. The average molecular weight is 986 g/mol. The summed E-state index contributed by atoms with van der Waals surface area (Å²) in [6.07, 6.45) is 2.07. The molecule has 2 aromatic carbocycles. The van der Waals surface area contributed by atoms with E-state index in [-0.39, 0.29) is 73.5 Å². The van der Waals surface area contributed by atoms with Gasteiger partial charge in [0.25, 0.3) is 11.5 Å². The number of piperazine rings is 1. The van der Waals surface area contributed by atoms with E-state index in [1.54, 1.807) is 26.8 Å². The zero-order valence-electron chi connectivity index (χ0n) is 35.1. The normalized spacial score (nSPS) is 18.3. The first-order valence-electron chi connectivity index (χ1n) is 20.4. The highest BCUT2D eigenvalue weighted by molar-refractivity contribution is 9.10. The first-order valence-corrected chi connectivity index (χ1v) is 23.0. The molecule has 20 nitrogen and oxygen atoms in total. The van der Waals surface area contributed by atoms with Crippen LogP contribution in [0, 0.1) is 0 Å². The van der Waals surface area contributed by atoms with E-state index in [1.165, 1.54) is 34.6 Å². The van der Waals surface area contributed by atoms with Crippen LogP contribution in [0.1, 0.15) is 61.6 Å². The maximum absolute atomic E-state index is 13.6. The van der Waals surface area contributed by atoms with E-state index in [0.29, 0.717) is 29.3 Å². The van der Waals surface area contributed by atoms with Crippen LogP contribution < -0.4 is 20.9 Å². The lowest BCUT2D eigenvalue weighted by Crippen LogP contribution is -2.57. The van der Waals surface area contributed by atoms with Gasteiger partial charge in [-0.2, -0.15) is 12.7 Å². The summed E-state index contributed by atoms with van der Waals surface area (Å²) in [7, 11) is -4.51. The number of amides is 5. The molecule has 2 aromatic heterocycles. The lowest BCUT2D eigenvalue weighted by Gasteiger charge is -2.40. The van der Waals surface area contributed by atoms with E-state index < -0.39 is 70.0 Å². The number of anilines is 1. The van der Waals surface area contributed by atoms with E-state index in [1.807, 2.05) is 29.0 Å². The van der Waals surface area contributed by atoms with E-state index in [2.05, 4.69) is 41.5 Å². The molecule has 340 valence electrons. The Kier molecular flexibility index (Phi) is 13.9. The largest absolute Gasteiger partial charge is 0.444 e. The molecule has 2 saturated heterocycles. The highest BCUT2D eigenvalue weighted by Crippen LogP contribution is 2.28. The summed E-state index contributed by atoms with van der Waals surface area (Å²) >= 11 is 9.51. The van der Waals surface area contributed by atoms with Crippen LogP contribution >= 0.6 is 27.5 Å². The molecule has 2 aliphatic heterocycles. The molecule has 5 amide bonds. The Bertz CT molecular complexity index is 2630. The number of ether oxygens (including phenoxy) is 2. The molecule has 0 spiro atoms. The number of carbonyl (C=O) groups is 5. The van der Waals surface area contributed by atoms with Crippen molar-refractivity contribution in [3.63, 3.8) is 0 Å². The predicted molar refractivity (Wildman–Crippen MR) is 236 cm³/mol. The number of likely N-dealkylation sites (tertiary alicyclic amines) is 1. The number of nitrogens with one attached hydrogen (secondary N) is 3. The van der Waals surface area contributed by atoms with E-state index >= 15 is 0 Å². The molecule has 0 saturated carbocycles. The average Bonchev–Trinajstić information content (AvgIpc) is 3.65. The molecule has 23 heteroatoms. The molecule has 4 heterocycles. The van der Waals surface area contributed by atoms with Crippen molar-refractivity contribution in [2.45, 2.75) is 83.2 Å². The van der Waals surface area contributed by atoms with Crippen molar-refractivity contribution < 1.29 is 41.9 Å². The first kappa shape index (κ1) is 46.3. The third-order valence-electron chi connectivity index (χ3n) is 10.9. The third kappa shape index (κ3) is 11.0. The summed E-state index contributed by atoms with van der Waals surface area (Å²) in [5.41, 5.74) is 1.15. The number of nitrogens with zero attached hydrogens (tertiary/aromatic N) is 7. The fraction of sp³-hybridized carbons (Fsp3) is 0.439. The van der Waals surface area contributed by atoms with Crippen LogP contribution in [-0.2, 0) is 43.9 Å². The molecule has 3 N–H and O–H groups in total. The van der Waals surface area contributed by atoms with Crippen LogP contribution in [0.25, 0.3) is 10.9 Å². The van der Waals surface area contributed by atoms with E-state index in [4.69, 9.17) is 21.1 Å². The fourth-order valence-electron chi connectivity index (χ4n) is 7.86. The van der Waals surface area contributed by atoms with Crippen LogP contribution in [-0.4, -0.2) is 128 Å². The molecule has 2 atom stereocenters. The molecule has 3 aliphatic rings. The highest BCUT2D eigenvalue weighted by Gasteiger charge is 2.41. The maximum Gasteiger partial charge on any atom is 0.422 e. The minimum absolute atomic E-state index is 0.0635. The number of rotatable bonds is 10. The van der Waals surface area contributed by atoms with Gasteiger partial charge >= 0.3 is 28.4 Å². The predicted octanol–water partition coefficient (Wildman–Crippen LogP) is 4.05. The van der Waals surface area contributed by atoms with Crippen molar-refractivity contribution in [1.82, 2.24) is 43.7 Å². The van der Waals surface area contributed by atoms with Gasteiger partial charge in [-0.05, 0) is 85.6 Å². The van der Waals surface area contributed by atoms with Crippen LogP contribution in [0.3, 0.4) is 0 Å². The van der Waals surface area contributed by atoms with Crippen molar-refractivity contribution in [2.75, 3.05) is 38.0 Å². The molecule has 0 bridgehead atoms. The van der Waals surface area contributed by atoms with E-state index in [0.717, 1.165) is 20.0 Å². The van der Waals surface area contributed by atoms with Crippen molar-refractivity contribution >= 4 is 84.4 Å². The number of ketones is 1. The first-order chi connectivity index (χ1) is 30.3. The number of fused-ring (bicyclic) bond motifs is 2. The van der Waals surface area contributed by atoms with E-state index in [9.17, 15) is 37.2 Å². The number of piperidine rings is 1. The molecule has 2 fully saturated rings. The number of hydrogen-bond donors (Lipinski definition) is 3. The molecule has 64 heavy (non-hydrogen) atoms. The molecule has 4 aromatic rings. The van der Waals surface area contributed by atoms with Gasteiger partial charge in [0, 0.05) is 62.1 Å². The number of hydrogen-bond acceptors (Lipinski definition) is 13. The molecule has 1 aliphatic carbocycles. The molecular weight excluding hydrogens is 940 g/mol. The summed E-state index contributed by atoms with van der Waals surface area (Å²) < 4.78 is 42.6. The van der Waals surface area contributed by atoms with Gasteiger partial charge in [0.05, 0.1) is 34.8 Å².